The van der Waals surface area contributed by atoms with Crippen LogP contribution in [0, 0.1) is 0 Å². The molecule has 7 nitrogen and oxygen atoms in total. The summed E-state index contributed by atoms with van der Waals surface area (Å²) in [7, 11) is 0. The number of rotatable bonds is 4. The first-order valence-electron chi connectivity index (χ1n) is 6.47. The number of nitrogens with one attached hydrogen (secondary N) is 1. The van der Waals surface area contributed by atoms with E-state index in [4.69, 9.17) is 15.2 Å². The molecule has 1 amide bonds. The number of fused-ring (bicyclic) bond motifs is 1. The van der Waals surface area contributed by atoms with E-state index in [1.807, 2.05) is 18.2 Å². The number of anilines is 1. The summed E-state index contributed by atoms with van der Waals surface area (Å²) in [5.74, 6) is 1.27. The van der Waals surface area contributed by atoms with E-state index in [1.54, 1.807) is 0 Å². The molecule has 1 aromatic carbocycles. The molecule has 0 unspecified atom stereocenters. The van der Waals surface area contributed by atoms with Gasteiger partial charge in [0, 0.05) is 18.9 Å². The first-order valence-corrected chi connectivity index (χ1v) is 6.47. The van der Waals surface area contributed by atoms with Gasteiger partial charge in [0.15, 0.2) is 23.0 Å². The second-order valence-electron chi connectivity index (χ2n) is 4.48. The second-order valence-corrected chi connectivity index (χ2v) is 4.48. The smallest absolute Gasteiger partial charge is 0.273 e. The van der Waals surface area contributed by atoms with Gasteiger partial charge >= 0.3 is 0 Å². The van der Waals surface area contributed by atoms with Gasteiger partial charge in [-0.3, -0.25) is 4.79 Å². The summed E-state index contributed by atoms with van der Waals surface area (Å²) in [5, 5.41) is 2.76. The van der Waals surface area contributed by atoms with Gasteiger partial charge in [-0.2, -0.15) is 0 Å². The highest BCUT2D eigenvalue weighted by molar-refractivity contribution is 5.96. The standard InChI is InChI=1S/C14H14N4O3/c15-13-12(16-5-6-17-13)14(19)18-4-3-9-1-2-10-11(7-9)21-8-20-10/h1-2,5-7H,3-4,8H2,(H2,15,17)(H,18,19). The summed E-state index contributed by atoms with van der Waals surface area (Å²) in [4.78, 5) is 19.6. The molecule has 0 radical (unpaired) electrons. The van der Waals surface area contributed by atoms with E-state index in [2.05, 4.69) is 15.3 Å². The third-order valence-corrected chi connectivity index (χ3v) is 3.08. The number of aromatic nitrogens is 2. The third kappa shape index (κ3) is 2.86. The largest absolute Gasteiger partial charge is 0.454 e. The second kappa shape index (κ2) is 5.66. The summed E-state index contributed by atoms with van der Waals surface area (Å²) in [6.45, 7) is 0.718. The zero-order chi connectivity index (χ0) is 14.7. The van der Waals surface area contributed by atoms with Gasteiger partial charge in [0.2, 0.25) is 6.79 Å². The van der Waals surface area contributed by atoms with Crippen molar-refractivity contribution in [2.45, 2.75) is 6.42 Å². The first-order chi connectivity index (χ1) is 10.2. The van der Waals surface area contributed by atoms with Crippen LogP contribution in [0.4, 0.5) is 5.82 Å². The molecule has 0 aliphatic carbocycles. The molecular formula is C14H14N4O3. The van der Waals surface area contributed by atoms with Crippen LogP contribution in [0.1, 0.15) is 16.1 Å². The Morgan fingerprint density at radius 3 is 2.90 bits per heavy atom. The van der Waals surface area contributed by atoms with E-state index in [1.165, 1.54) is 12.4 Å². The lowest BCUT2D eigenvalue weighted by Crippen LogP contribution is -2.27. The lowest BCUT2D eigenvalue weighted by molar-refractivity contribution is 0.0950. The summed E-state index contributed by atoms with van der Waals surface area (Å²) in [6.07, 6.45) is 3.55. The van der Waals surface area contributed by atoms with Crippen molar-refractivity contribution in [2.75, 3.05) is 19.1 Å². The van der Waals surface area contributed by atoms with Crippen LogP contribution in [0.3, 0.4) is 0 Å². The molecule has 1 aliphatic heterocycles. The summed E-state index contributed by atoms with van der Waals surface area (Å²) < 4.78 is 10.6. The van der Waals surface area contributed by atoms with Crippen molar-refractivity contribution in [2.24, 2.45) is 0 Å². The number of carbonyl (C=O) groups is 1. The van der Waals surface area contributed by atoms with Crippen molar-refractivity contribution >= 4 is 11.7 Å². The van der Waals surface area contributed by atoms with Crippen LogP contribution in [0.25, 0.3) is 0 Å². The van der Waals surface area contributed by atoms with E-state index in [0.717, 1.165) is 17.1 Å². The molecule has 1 aliphatic rings. The molecule has 108 valence electrons. The maximum absolute atomic E-state index is 11.9. The Bertz CT molecular complexity index is 675. The Hall–Kier alpha value is -2.83. The van der Waals surface area contributed by atoms with Gasteiger partial charge in [-0.15, -0.1) is 0 Å². The van der Waals surface area contributed by atoms with Gasteiger partial charge in [-0.25, -0.2) is 9.97 Å². The number of amides is 1. The number of hydrogen-bond donors (Lipinski definition) is 2. The molecule has 2 aromatic rings. The number of carbonyl (C=O) groups excluding carboxylic acids is 1. The van der Waals surface area contributed by atoms with Crippen LogP contribution in [-0.4, -0.2) is 29.2 Å². The van der Waals surface area contributed by atoms with Gasteiger partial charge in [0.25, 0.3) is 5.91 Å². The molecule has 0 spiro atoms. The monoisotopic (exact) mass is 286 g/mol. The molecule has 2 heterocycles. The topological polar surface area (TPSA) is 99.4 Å². The highest BCUT2D eigenvalue weighted by Crippen LogP contribution is 2.32. The number of nitrogens with two attached hydrogens (primary N) is 1. The molecule has 0 atom stereocenters. The molecule has 0 saturated carbocycles. The maximum Gasteiger partial charge on any atom is 0.273 e. The fourth-order valence-corrected chi connectivity index (χ4v) is 2.02. The van der Waals surface area contributed by atoms with Crippen LogP contribution in [-0.2, 0) is 6.42 Å². The SMILES string of the molecule is Nc1nccnc1C(=O)NCCc1ccc2c(c1)OCO2. The molecule has 3 rings (SSSR count). The predicted molar refractivity (Wildman–Crippen MR) is 75.0 cm³/mol. The fourth-order valence-electron chi connectivity index (χ4n) is 2.02. The van der Waals surface area contributed by atoms with Gasteiger partial charge in [0.05, 0.1) is 0 Å². The van der Waals surface area contributed by atoms with Gasteiger partial charge in [-0.1, -0.05) is 6.07 Å². The zero-order valence-electron chi connectivity index (χ0n) is 11.2. The Balaban J connectivity index is 1.57. The fraction of sp³-hybridized carbons (Fsp3) is 0.214. The van der Waals surface area contributed by atoms with Crippen molar-refractivity contribution in [3.8, 4) is 11.5 Å². The summed E-state index contributed by atoms with van der Waals surface area (Å²) in [5.41, 5.74) is 6.79. The summed E-state index contributed by atoms with van der Waals surface area (Å²) in [6, 6.07) is 5.71. The van der Waals surface area contributed by atoms with Crippen LogP contribution in [0.2, 0.25) is 0 Å². The van der Waals surface area contributed by atoms with Crippen molar-refractivity contribution in [3.63, 3.8) is 0 Å². The van der Waals surface area contributed by atoms with Crippen LogP contribution < -0.4 is 20.5 Å². The minimum atomic E-state index is -0.332. The van der Waals surface area contributed by atoms with E-state index < -0.39 is 0 Å². The number of nitrogen functional groups attached to an aromatic ring is 1. The predicted octanol–water partition coefficient (Wildman–Crippen LogP) is 0.760. The van der Waals surface area contributed by atoms with Gasteiger partial charge in [0.1, 0.15) is 0 Å². The van der Waals surface area contributed by atoms with Crippen molar-refractivity contribution in [1.82, 2.24) is 15.3 Å². The molecule has 0 fully saturated rings. The Labute approximate surface area is 121 Å². The van der Waals surface area contributed by atoms with E-state index in [9.17, 15) is 4.79 Å². The van der Waals surface area contributed by atoms with Crippen molar-refractivity contribution in [3.05, 3.63) is 41.9 Å². The first kappa shape index (κ1) is 13.2. The number of ether oxygens (including phenoxy) is 2. The average Bonchev–Trinajstić information content (AvgIpc) is 2.95. The molecule has 7 heteroatoms. The molecule has 3 N–H and O–H groups in total. The van der Waals surface area contributed by atoms with Crippen LogP contribution >= 0.6 is 0 Å². The lowest BCUT2D eigenvalue weighted by atomic mass is 10.1. The van der Waals surface area contributed by atoms with E-state index in [0.29, 0.717) is 13.0 Å². The van der Waals surface area contributed by atoms with Gasteiger partial charge in [-0.05, 0) is 24.1 Å². The van der Waals surface area contributed by atoms with Crippen LogP contribution in [0.15, 0.2) is 30.6 Å². The minimum absolute atomic E-state index is 0.123. The Kier molecular flexibility index (Phi) is 3.55. The maximum atomic E-state index is 11.9. The molecule has 0 bridgehead atoms. The Morgan fingerprint density at radius 2 is 2.05 bits per heavy atom. The zero-order valence-corrected chi connectivity index (χ0v) is 11.2. The van der Waals surface area contributed by atoms with E-state index >= 15 is 0 Å². The van der Waals surface area contributed by atoms with Crippen LogP contribution in [0.5, 0.6) is 11.5 Å². The Morgan fingerprint density at radius 1 is 1.24 bits per heavy atom. The highest BCUT2D eigenvalue weighted by atomic mass is 16.7. The molecular weight excluding hydrogens is 272 g/mol. The van der Waals surface area contributed by atoms with Crippen molar-refractivity contribution in [1.29, 1.82) is 0 Å². The van der Waals surface area contributed by atoms with Gasteiger partial charge < -0.3 is 20.5 Å². The quantitative estimate of drug-likeness (QED) is 0.860. The highest BCUT2D eigenvalue weighted by Gasteiger charge is 2.14. The normalized spacial score (nSPS) is 12.2. The number of hydrogen-bond acceptors (Lipinski definition) is 6. The molecule has 0 saturated heterocycles. The molecule has 1 aromatic heterocycles. The lowest BCUT2D eigenvalue weighted by Gasteiger charge is -2.06. The van der Waals surface area contributed by atoms with E-state index in [-0.39, 0.29) is 24.2 Å². The summed E-state index contributed by atoms with van der Waals surface area (Å²) >= 11 is 0. The number of nitrogens with zero attached hydrogens (tertiary/aromatic N) is 2. The number of benzene rings is 1. The third-order valence-electron chi connectivity index (χ3n) is 3.08. The average molecular weight is 286 g/mol. The minimum Gasteiger partial charge on any atom is -0.454 e. The van der Waals surface area contributed by atoms with Crippen molar-refractivity contribution < 1.29 is 14.3 Å². The molecule has 21 heavy (non-hydrogen) atoms.